The number of aliphatic carboxylic acids is 1. The van der Waals surface area contributed by atoms with E-state index in [1.165, 1.54) is 38.6 Å². The number of benzene rings is 1. The number of fused-ring (bicyclic) bond motifs is 1. The van der Waals surface area contributed by atoms with Gasteiger partial charge >= 0.3 is 5.97 Å². The molecule has 14 heteroatoms. The van der Waals surface area contributed by atoms with Crippen LogP contribution in [-0.2, 0) is 21.4 Å². The number of nitrogens with one attached hydrogen (secondary N) is 2. The van der Waals surface area contributed by atoms with Gasteiger partial charge in [0.2, 0.25) is 11.1 Å². The number of carboxylic acid groups (broad SMARTS) is 1. The molecular weight excluding hydrogens is 486 g/mol. The standard InChI is InChI=1S/C19H19N7O4S3/c1-25-19(22-23-24-25)33-8-11-7-32-17-13(16(28)26(17)14(11)18(29)30)21-15(27)12(20-9-31)10-5-3-2-4-6-10/h2-6,9,12-13,17H,7-8H2,1H3,(H,20,31)(H,21,27)(H,29,30)/t12?,13-,17?/m0/s1. The van der Waals surface area contributed by atoms with Gasteiger partial charge in [0.1, 0.15) is 23.2 Å². The number of carbonyl (C=O) groups excluding carboxylic acids is 2. The van der Waals surface area contributed by atoms with Crippen LogP contribution in [0.2, 0.25) is 0 Å². The van der Waals surface area contributed by atoms with Crippen LogP contribution in [-0.4, -0.2) is 76.4 Å². The van der Waals surface area contributed by atoms with E-state index in [0.29, 0.717) is 27.8 Å². The number of carboxylic acids is 1. The topological polar surface area (TPSA) is 142 Å². The maximum absolute atomic E-state index is 12.9. The molecule has 0 aliphatic carbocycles. The van der Waals surface area contributed by atoms with Gasteiger partial charge < -0.3 is 15.7 Å². The summed E-state index contributed by atoms with van der Waals surface area (Å²) in [6, 6.07) is 7.40. The van der Waals surface area contributed by atoms with Crippen LogP contribution < -0.4 is 10.6 Å². The van der Waals surface area contributed by atoms with Crippen molar-refractivity contribution in [2.75, 3.05) is 11.5 Å². The number of hydrogen-bond acceptors (Lipinski definition) is 9. The summed E-state index contributed by atoms with van der Waals surface area (Å²) >= 11 is 7.55. The predicted octanol–water partition coefficient (Wildman–Crippen LogP) is 0.329. The molecule has 1 aromatic heterocycles. The van der Waals surface area contributed by atoms with E-state index in [0.717, 1.165) is 0 Å². The molecule has 2 amide bonds. The second-order valence-electron chi connectivity index (χ2n) is 7.16. The first-order valence-corrected chi connectivity index (χ1v) is 12.2. The van der Waals surface area contributed by atoms with E-state index in [-0.39, 0.29) is 5.70 Å². The molecular formula is C19H19N7O4S3. The van der Waals surface area contributed by atoms with Gasteiger partial charge in [0.25, 0.3) is 5.91 Å². The zero-order valence-electron chi connectivity index (χ0n) is 17.2. The summed E-state index contributed by atoms with van der Waals surface area (Å²) in [6.45, 7) is 0. The van der Waals surface area contributed by atoms with E-state index in [9.17, 15) is 19.5 Å². The molecule has 1 aromatic carbocycles. The molecule has 2 aliphatic rings. The van der Waals surface area contributed by atoms with Crippen LogP contribution in [0.15, 0.2) is 46.8 Å². The van der Waals surface area contributed by atoms with Crippen molar-refractivity contribution in [1.29, 1.82) is 0 Å². The number of carbonyl (C=O) groups is 3. The second kappa shape index (κ2) is 9.89. The van der Waals surface area contributed by atoms with E-state index in [4.69, 9.17) is 12.2 Å². The van der Waals surface area contributed by atoms with Crippen molar-refractivity contribution >= 4 is 59.0 Å². The molecule has 172 valence electrons. The van der Waals surface area contributed by atoms with Crippen molar-refractivity contribution in [2.24, 2.45) is 7.05 Å². The quantitative estimate of drug-likeness (QED) is 0.246. The number of amides is 2. The van der Waals surface area contributed by atoms with Crippen LogP contribution in [0.25, 0.3) is 0 Å². The minimum absolute atomic E-state index is 0.0477. The first-order valence-electron chi connectivity index (χ1n) is 9.72. The van der Waals surface area contributed by atoms with Crippen molar-refractivity contribution in [3.8, 4) is 0 Å². The number of hydrogen-bond donors (Lipinski definition) is 3. The lowest BCUT2D eigenvalue weighted by Gasteiger charge is -2.49. The molecule has 2 aromatic rings. The number of thiocarbonyl (C=S) groups is 1. The largest absolute Gasteiger partial charge is 0.477 e. The van der Waals surface area contributed by atoms with Crippen LogP contribution in [0.3, 0.4) is 0 Å². The van der Waals surface area contributed by atoms with Crippen molar-refractivity contribution in [1.82, 2.24) is 35.7 Å². The van der Waals surface area contributed by atoms with E-state index in [1.807, 2.05) is 6.07 Å². The first kappa shape index (κ1) is 23.2. The minimum Gasteiger partial charge on any atom is -0.477 e. The Kier molecular flexibility index (Phi) is 6.95. The van der Waals surface area contributed by atoms with Gasteiger partial charge in [0.05, 0.1) is 5.49 Å². The summed E-state index contributed by atoms with van der Waals surface area (Å²) in [6.07, 6.45) is 0. The third-order valence-electron chi connectivity index (χ3n) is 5.13. The highest BCUT2D eigenvalue weighted by atomic mass is 32.2. The average molecular weight is 506 g/mol. The van der Waals surface area contributed by atoms with Crippen LogP contribution in [0.4, 0.5) is 0 Å². The highest BCUT2D eigenvalue weighted by Crippen LogP contribution is 2.41. The third-order valence-corrected chi connectivity index (χ3v) is 7.71. The summed E-state index contributed by atoms with van der Waals surface area (Å²) in [5.41, 5.74) is 2.50. The number of thioether (sulfide) groups is 2. The summed E-state index contributed by atoms with van der Waals surface area (Å²) in [5, 5.41) is 26.6. The number of β-lactam (4-membered cyclic amide) rings is 1. The average Bonchev–Trinajstić information content (AvgIpc) is 3.23. The lowest BCUT2D eigenvalue weighted by atomic mass is 10.0. The van der Waals surface area contributed by atoms with E-state index >= 15 is 0 Å². The Morgan fingerprint density at radius 1 is 1.39 bits per heavy atom. The van der Waals surface area contributed by atoms with Gasteiger partial charge in [-0.15, -0.1) is 16.9 Å². The molecule has 0 bridgehead atoms. The molecule has 3 heterocycles. The normalized spacial score (nSPS) is 20.5. The summed E-state index contributed by atoms with van der Waals surface area (Å²) < 4.78 is 1.49. The van der Waals surface area contributed by atoms with Crippen molar-refractivity contribution < 1.29 is 19.5 Å². The third kappa shape index (κ3) is 4.58. The molecule has 0 saturated carbocycles. The summed E-state index contributed by atoms with van der Waals surface area (Å²) in [7, 11) is 1.69. The van der Waals surface area contributed by atoms with Gasteiger partial charge in [-0.05, 0) is 21.6 Å². The molecule has 33 heavy (non-hydrogen) atoms. The molecule has 1 fully saturated rings. The fourth-order valence-electron chi connectivity index (χ4n) is 3.56. The number of aryl methyl sites for hydroxylation is 1. The van der Waals surface area contributed by atoms with Gasteiger partial charge in [0, 0.05) is 18.6 Å². The maximum atomic E-state index is 12.9. The van der Waals surface area contributed by atoms with E-state index in [1.54, 1.807) is 31.3 Å². The van der Waals surface area contributed by atoms with Crippen LogP contribution >= 0.6 is 35.7 Å². The number of tetrazole rings is 1. The molecule has 1 saturated heterocycles. The smallest absolute Gasteiger partial charge is 0.352 e. The Morgan fingerprint density at radius 2 is 2.15 bits per heavy atom. The van der Waals surface area contributed by atoms with E-state index < -0.39 is 35.2 Å². The number of aromatic nitrogens is 4. The van der Waals surface area contributed by atoms with Crippen molar-refractivity contribution in [3.63, 3.8) is 0 Å². The van der Waals surface area contributed by atoms with Crippen molar-refractivity contribution in [3.05, 3.63) is 47.2 Å². The van der Waals surface area contributed by atoms with Crippen LogP contribution in [0.5, 0.6) is 0 Å². The Morgan fingerprint density at radius 3 is 2.79 bits per heavy atom. The molecule has 2 unspecified atom stereocenters. The lowest BCUT2D eigenvalue weighted by Crippen LogP contribution is -2.71. The maximum Gasteiger partial charge on any atom is 0.352 e. The SMILES string of the molecule is Cn1nnnc1SCC1=C(C(=O)O)N2C(=O)[C@H](NC(=O)C(NC=S)c3ccccc3)C2SC1. The first-order chi connectivity index (χ1) is 15.9. The zero-order chi connectivity index (χ0) is 23.5. The molecule has 11 nitrogen and oxygen atoms in total. The number of nitrogens with zero attached hydrogens (tertiary/aromatic N) is 5. The van der Waals surface area contributed by atoms with Gasteiger partial charge in [-0.2, -0.15) is 0 Å². The molecule has 3 N–H and O–H groups in total. The van der Waals surface area contributed by atoms with Gasteiger partial charge in [-0.1, -0.05) is 54.3 Å². The summed E-state index contributed by atoms with van der Waals surface area (Å²) in [5.74, 6) is -1.34. The fraction of sp³-hybridized carbons (Fsp3) is 0.316. The fourth-order valence-corrected chi connectivity index (χ4v) is 6.03. The van der Waals surface area contributed by atoms with Gasteiger partial charge in [-0.25, -0.2) is 9.48 Å². The Labute approximate surface area is 202 Å². The van der Waals surface area contributed by atoms with Gasteiger partial charge in [0.15, 0.2) is 0 Å². The van der Waals surface area contributed by atoms with Crippen LogP contribution in [0, 0.1) is 0 Å². The lowest BCUT2D eigenvalue weighted by molar-refractivity contribution is -0.150. The Balaban J connectivity index is 1.48. The van der Waals surface area contributed by atoms with Gasteiger partial charge in [-0.3, -0.25) is 14.5 Å². The van der Waals surface area contributed by atoms with Crippen LogP contribution in [0.1, 0.15) is 11.6 Å². The zero-order valence-corrected chi connectivity index (χ0v) is 19.7. The Bertz CT molecular complexity index is 1120. The monoisotopic (exact) mass is 505 g/mol. The minimum atomic E-state index is -1.19. The molecule has 2 aliphatic heterocycles. The molecule has 4 rings (SSSR count). The molecule has 0 radical (unpaired) electrons. The predicted molar refractivity (Wildman–Crippen MR) is 125 cm³/mol. The number of rotatable bonds is 9. The Hall–Kier alpha value is -2.97. The molecule has 0 spiro atoms. The second-order valence-corrected chi connectivity index (χ2v) is 9.44. The highest BCUT2D eigenvalue weighted by molar-refractivity contribution is 8.01. The summed E-state index contributed by atoms with van der Waals surface area (Å²) in [4.78, 5) is 39.1. The van der Waals surface area contributed by atoms with Crippen molar-refractivity contribution in [2.45, 2.75) is 22.6 Å². The highest BCUT2D eigenvalue weighted by Gasteiger charge is 2.54. The van der Waals surface area contributed by atoms with E-state index in [2.05, 4.69) is 26.2 Å². The molecule has 3 atom stereocenters.